The highest BCUT2D eigenvalue weighted by Gasteiger charge is 2.37. The molecule has 25 heavy (non-hydrogen) atoms. The Bertz CT molecular complexity index is 668. The van der Waals surface area contributed by atoms with Crippen LogP contribution in [0, 0.1) is 0 Å². The maximum atomic E-state index is 12.8. The van der Waals surface area contributed by atoms with Gasteiger partial charge in [-0.25, -0.2) is 0 Å². The Labute approximate surface area is 146 Å². The summed E-state index contributed by atoms with van der Waals surface area (Å²) >= 11 is 0. The van der Waals surface area contributed by atoms with E-state index < -0.39 is 18.1 Å². The first-order valence-electron chi connectivity index (χ1n) is 8.43. The number of carbonyl (C=O) groups is 2. The van der Waals surface area contributed by atoms with Gasteiger partial charge in [-0.1, -0.05) is 0 Å². The van der Waals surface area contributed by atoms with Gasteiger partial charge in [-0.05, 0) is 42.5 Å². The normalized spacial score (nSPS) is 22.4. The lowest BCUT2D eigenvalue weighted by Gasteiger charge is -2.38. The summed E-state index contributed by atoms with van der Waals surface area (Å²) in [6, 6.07) is 3.13. The van der Waals surface area contributed by atoms with Gasteiger partial charge < -0.3 is 24.2 Å². The molecule has 1 N–H and O–H groups in total. The Morgan fingerprint density at radius 3 is 2.60 bits per heavy atom. The summed E-state index contributed by atoms with van der Waals surface area (Å²) < 4.78 is 16.2. The van der Waals surface area contributed by atoms with Crippen LogP contribution in [0.2, 0.25) is 0 Å². The van der Waals surface area contributed by atoms with Crippen LogP contribution in [0.1, 0.15) is 36.4 Å². The van der Waals surface area contributed by atoms with E-state index in [1.807, 2.05) is 6.07 Å². The first-order valence-corrected chi connectivity index (χ1v) is 8.43. The third kappa shape index (κ3) is 3.42. The van der Waals surface area contributed by atoms with Gasteiger partial charge in [0.25, 0.3) is 5.91 Å². The van der Waals surface area contributed by atoms with E-state index in [2.05, 4.69) is 0 Å². The molecular weight excluding hydrogens is 326 g/mol. The second-order valence-corrected chi connectivity index (χ2v) is 6.30. The third-order valence-corrected chi connectivity index (χ3v) is 4.86. The summed E-state index contributed by atoms with van der Waals surface area (Å²) in [5.74, 6) is 0.0687. The van der Waals surface area contributed by atoms with Crippen molar-refractivity contribution < 1.29 is 28.9 Å². The molecule has 1 fully saturated rings. The van der Waals surface area contributed by atoms with Crippen LogP contribution in [-0.2, 0) is 20.7 Å². The van der Waals surface area contributed by atoms with Crippen molar-refractivity contribution in [1.82, 2.24) is 4.90 Å². The van der Waals surface area contributed by atoms with Crippen molar-refractivity contribution in [2.24, 2.45) is 0 Å². The average Bonchev–Trinajstić information content (AvgIpc) is 3.14. The molecular formula is C18H23NO6. The molecule has 0 radical (unpaired) electrons. The molecule has 2 atom stereocenters. The van der Waals surface area contributed by atoms with E-state index in [0.29, 0.717) is 37.5 Å². The zero-order chi connectivity index (χ0) is 18.0. The minimum atomic E-state index is -0.947. The highest BCUT2D eigenvalue weighted by Crippen LogP contribution is 2.40. The van der Waals surface area contributed by atoms with Crippen molar-refractivity contribution in [2.75, 3.05) is 27.4 Å². The molecule has 2 aliphatic rings. The second kappa shape index (κ2) is 7.31. The Morgan fingerprint density at radius 1 is 1.28 bits per heavy atom. The van der Waals surface area contributed by atoms with E-state index in [9.17, 15) is 14.7 Å². The number of ether oxygens (including phenoxy) is 3. The Hall–Kier alpha value is -2.28. The number of hydrogen-bond acceptors (Lipinski definition) is 5. The summed E-state index contributed by atoms with van der Waals surface area (Å²) in [6.07, 6.45) is 1.58. The maximum Gasteiger partial charge on any atom is 0.305 e. The molecule has 136 valence electrons. The van der Waals surface area contributed by atoms with Crippen LogP contribution < -0.4 is 9.47 Å². The number of aliphatic carboxylic acids is 1. The van der Waals surface area contributed by atoms with E-state index in [1.165, 1.54) is 7.11 Å². The van der Waals surface area contributed by atoms with E-state index in [-0.39, 0.29) is 12.3 Å². The van der Waals surface area contributed by atoms with E-state index in [0.717, 1.165) is 17.5 Å². The summed E-state index contributed by atoms with van der Waals surface area (Å²) in [5.41, 5.74) is 1.79. The smallest absolute Gasteiger partial charge is 0.305 e. The van der Waals surface area contributed by atoms with Crippen LogP contribution in [0.25, 0.3) is 0 Å². The third-order valence-electron chi connectivity index (χ3n) is 4.86. The van der Waals surface area contributed by atoms with Gasteiger partial charge in [0.1, 0.15) is 6.10 Å². The fourth-order valence-corrected chi connectivity index (χ4v) is 3.63. The predicted molar refractivity (Wildman–Crippen MR) is 88.9 cm³/mol. The van der Waals surface area contributed by atoms with Crippen molar-refractivity contribution in [2.45, 2.75) is 37.8 Å². The molecule has 1 amide bonds. The monoisotopic (exact) mass is 349 g/mol. The van der Waals surface area contributed by atoms with Crippen molar-refractivity contribution in [3.63, 3.8) is 0 Å². The fourth-order valence-electron chi connectivity index (χ4n) is 3.63. The topological polar surface area (TPSA) is 85.3 Å². The van der Waals surface area contributed by atoms with Crippen LogP contribution >= 0.6 is 0 Å². The van der Waals surface area contributed by atoms with Gasteiger partial charge in [-0.15, -0.1) is 0 Å². The van der Waals surface area contributed by atoms with E-state index in [4.69, 9.17) is 14.2 Å². The van der Waals surface area contributed by atoms with E-state index >= 15 is 0 Å². The summed E-state index contributed by atoms with van der Waals surface area (Å²) in [6.45, 7) is 1.05. The highest BCUT2D eigenvalue weighted by atomic mass is 16.5. The molecule has 0 unspecified atom stereocenters. The van der Waals surface area contributed by atoms with Gasteiger partial charge >= 0.3 is 5.97 Å². The average molecular weight is 349 g/mol. The van der Waals surface area contributed by atoms with Crippen molar-refractivity contribution in [1.29, 1.82) is 0 Å². The zero-order valence-corrected chi connectivity index (χ0v) is 14.5. The molecule has 7 heteroatoms. The largest absolute Gasteiger partial charge is 0.493 e. The first-order chi connectivity index (χ1) is 12.0. The number of carboxylic acids is 1. The highest BCUT2D eigenvalue weighted by molar-refractivity contribution is 5.83. The SMILES string of the molecule is COc1cc2c(cc1OC)[C@H](CC(=O)O)N(C(=O)[C@H]1CCCO1)CC2. The molecule has 1 saturated heterocycles. The molecule has 0 spiro atoms. The number of nitrogens with zero attached hydrogens (tertiary/aromatic N) is 1. The second-order valence-electron chi connectivity index (χ2n) is 6.30. The number of carboxylic acid groups (broad SMARTS) is 1. The molecule has 7 nitrogen and oxygen atoms in total. The lowest BCUT2D eigenvalue weighted by Crippen LogP contribution is -2.45. The van der Waals surface area contributed by atoms with Crippen LogP contribution in [0.15, 0.2) is 12.1 Å². The molecule has 0 aromatic heterocycles. The number of amides is 1. The Balaban J connectivity index is 1.97. The van der Waals surface area contributed by atoms with Gasteiger partial charge in [0, 0.05) is 13.2 Å². The van der Waals surface area contributed by atoms with Crippen molar-refractivity contribution in [3.05, 3.63) is 23.3 Å². The number of fused-ring (bicyclic) bond motifs is 1. The Morgan fingerprint density at radius 2 is 2.00 bits per heavy atom. The molecule has 0 aliphatic carbocycles. The molecule has 2 aliphatic heterocycles. The van der Waals surface area contributed by atoms with Crippen molar-refractivity contribution in [3.8, 4) is 11.5 Å². The minimum absolute atomic E-state index is 0.121. The van der Waals surface area contributed by atoms with Crippen LogP contribution in [-0.4, -0.2) is 55.4 Å². The Kier molecular flexibility index (Phi) is 5.13. The summed E-state index contributed by atoms with van der Waals surface area (Å²) in [4.78, 5) is 25.9. The fraction of sp³-hybridized carbons (Fsp3) is 0.556. The molecule has 2 heterocycles. The number of rotatable bonds is 5. The summed E-state index contributed by atoms with van der Waals surface area (Å²) in [5, 5.41) is 9.36. The number of hydrogen-bond donors (Lipinski definition) is 1. The minimum Gasteiger partial charge on any atom is -0.493 e. The van der Waals surface area contributed by atoms with Gasteiger partial charge in [-0.2, -0.15) is 0 Å². The van der Waals surface area contributed by atoms with Gasteiger partial charge in [-0.3, -0.25) is 9.59 Å². The van der Waals surface area contributed by atoms with Crippen molar-refractivity contribution >= 4 is 11.9 Å². The number of carbonyl (C=O) groups excluding carboxylic acids is 1. The van der Waals surface area contributed by atoms with Gasteiger partial charge in [0.05, 0.1) is 26.7 Å². The summed E-state index contributed by atoms with van der Waals surface area (Å²) in [7, 11) is 3.10. The first kappa shape index (κ1) is 17.5. The van der Waals surface area contributed by atoms with Crippen LogP contribution in [0.3, 0.4) is 0 Å². The molecule has 1 aromatic rings. The maximum absolute atomic E-state index is 12.8. The zero-order valence-electron chi connectivity index (χ0n) is 14.5. The lowest BCUT2D eigenvalue weighted by molar-refractivity contribution is -0.147. The van der Waals surface area contributed by atoms with Crippen LogP contribution in [0.5, 0.6) is 11.5 Å². The molecule has 3 rings (SSSR count). The predicted octanol–water partition coefficient (Wildman–Crippen LogP) is 1.78. The van der Waals surface area contributed by atoms with Gasteiger partial charge in [0.2, 0.25) is 0 Å². The van der Waals surface area contributed by atoms with Crippen LogP contribution in [0.4, 0.5) is 0 Å². The number of benzene rings is 1. The van der Waals surface area contributed by atoms with E-state index in [1.54, 1.807) is 18.1 Å². The number of methoxy groups -OCH3 is 2. The van der Waals surface area contributed by atoms with Gasteiger partial charge in [0.15, 0.2) is 11.5 Å². The lowest BCUT2D eigenvalue weighted by atomic mass is 9.89. The molecule has 0 saturated carbocycles. The quantitative estimate of drug-likeness (QED) is 0.872. The molecule has 1 aromatic carbocycles. The molecule has 0 bridgehead atoms. The standard InChI is InChI=1S/C18H23NO6/c1-23-15-8-11-5-6-19(18(22)14-4-3-7-25-14)13(10-17(20)21)12(11)9-16(15)24-2/h8-9,13-14H,3-7,10H2,1-2H3,(H,20,21)/t13-,14+/m0/s1.